The van der Waals surface area contributed by atoms with Gasteiger partial charge in [-0.3, -0.25) is 5.41 Å². The van der Waals surface area contributed by atoms with E-state index in [9.17, 15) is 13.2 Å². The number of hydrogen-bond donors (Lipinski definition) is 2. The van der Waals surface area contributed by atoms with E-state index in [1.807, 2.05) is 0 Å². The van der Waals surface area contributed by atoms with E-state index >= 15 is 0 Å². The summed E-state index contributed by atoms with van der Waals surface area (Å²) < 4.78 is 45.0. The molecule has 19 heavy (non-hydrogen) atoms. The van der Waals surface area contributed by atoms with Gasteiger partial charge in [-0.05, 0) is 18.2 Å². The van der Waals surface area contributed by atoms with Gasteiger partial charge in [-0.1, -0.05) is 11.6 Å². The van der Waals surface area contributed by atoms with Crippen molar-refractivity contribution in [3.63, 3.8) is 0 Å². The van der Waals surface area contributed by atoms with Crippen LogP contribution in [0.2, 0.25) is 5.02 Å². The second kappa shape index (κ2) is 6.63. The molecule has 0 heterocycles. The van der Waals surface area contributed by atoms with Crippen LogP contribution in [0.1, 0.15) is 5.56 Å². The number of benzene rings is 1. The molecule has 0 aliphatic rings. The summed E-state index contributed by atoms with van der Waals surface area (Å²) in [7, 11) is 0. The van der Waals surface area contributed by atoms with Crippen molar-refractivity contribution < 1.29 is 22.6 Å². The average Bonchev–Trinajstić information content (AvgIpc) is 2.26. The van der Waals surface area contributed by atoms with Crippen LogP contribution in [0.5, 0.6) is 5.75 Å². The lowest BCUT2D eigenvalue weighted by Crippen LogP contribution is -2.20. The first-order valence-electron chi connectivity index (χ1n) is 5.21. The predicted octanol–water partition coefficient (Wildman–Crippen LogP) is 2.58. The molecule has 0 atom stereocenters. The van der Waals surface area contributed by atoms with E-state index in [1.54, 1.807) is 0 Å². The molecule has 0 unspecified atom stereocenters. The fourth-order valence-corrected chi connectivity index (χ4v) is 1.40. The van der Waals surface area contributed by atoms with Crippen LogP contribution in [0.4, 0.5) is 13.2 Å². The highest BCUT2D eigenvalue weighted by Gasteiger charge is 2.27. The Balaban J connectivity index is 2.49. The Bertz CT molecular complexity index is 452. The number of ether oxygens (including phenoxy) is 2. The Kier molecular flexibility index (Phi) is 5.44. The summed E-state index contributed by atoms with van der Waals surface area (Å²) in [5.41, 5.74) is 5.65. The third-order valence-electron chi connectivity index (χ3n) is 1.98. The van der Waals surface area contributed by atoms with Gasteiger partial charge in [0.1, 0.15) is 24.8 Å². The molecule has 1 aromatic carbocycles. The zero-order chi connectivity index (χ0) is 14.5. The van der Waals surface area contributed by atoms with Crippen LogP contribution in [0.3, 0.4) is 0 Å². The zero-order valence-corrected chi connectivity index (χ0v) is 10.5. The molecule has 0 spiro atoms. The summed E-state index contributed by atoms with van der Waals surface area (Å²) in [6.07, 6.45) is -4.36. The lowest BCUT2D eigenvalue weighted by atomic mass is 10.2. The Labute approximate surface area is 112 Å². The Hall–Kier alpha value is -1.47. The minimum Gasteiger partial charge on any atom is -0.490 e. The van der Waals surface area contributed by atoms with E-state index < -0.39 is 12.8 Å². The first-order chi connectivity index (χ1) is 8.79. The maximum Gasteiger partial charge on any atom is 0.411 e. The summed E-state index contributed by atoms with van der Waals surface area (Å²) in [5, 5.41) is 7.69. The zero-order valence-electron chi connectivity index (χ0n) is 9.76. The highest BCUT2D eigenvalue weighted by molar-refractivity contribution is 6.30. The molecule has 0 saturated heterocycles. The SMILES string of the molecule is N=C(N)c1ccc(Cl)cc1OCCOCC(F)(F)F. The van der Waals surface area contributed by atoms with Crippen molar-refractivity contribution in [2.24, 2.45) is 5.73 Å². The first-order valence-corrected chi connectivity index (χ1v) is 5.58. The van der Waals surface area contributed by atoms with Gasteiger partial charge in [-0.25, -0.2) is 0 Å². The minimum atomic E-state index is -4.36. The lowest BCUT2D eigenvalue weighted by Gasteiger charge is -2.12. The molecule has 106 valence electrons. The molecule has 0 bridgehead atoms. The van der Waals surface area contributed by atoms with E-state index in [0.717, 1.165) is 0 Å². The molecule has 1 aromatic rings. The van der Waals surface area contributed by atoms with Crippen LogP contribution >= 0.6 is 11.6 Å². The van der Waals surface area contributed by atoms with E-state index in [-0.39, 0.29) is 24.8 Å². The molecule has 1 rings (SSSR count). The first kappa shape index (κ1) is 15.6. The molecule has 0 saturated carbocycles. The van der Waals surface area contributed by atoms with Crippen molar-refractivity contribution in [1.82, 2.24) is 0 Å². The van der Waals surface area contributed by atoms with Crippen LogP contribution in [0.25, 0.3) is 0 Å². The van der Waals surface area contributed by atoms with Gasteiger partial charge in [0.2, 0.25) is 0 Å². The Morgan fingerprint density at radius 2 is 2.00 bits per heavy atom. The molecule has 0 amide bonds. The largest absolute Gasteiger partial charge is 0.490 e. The number of nitrogen functional groups attached to an aromatic ring is 1. The normalized spacial score (nSPS) is 11.4. The molecule has 3 N–H and O–H groups in total. The van der Waals surface area contributed by atoms with Crippen molar-refractivity contribution in [3.8, 4) is 5.75 Å². The molecule has 8 heteroatoms. The number of halogens is 4. The highest BCUT2D eigenvalue weighted by atomic mass is 35.5. The van der Waals surface area contributed by atoms with Crippen LogP contribution in [-0.2, 0) is 4.74 Å². The fraction of sp³-hybridized carbons (Fsp3) is 0.364. The van der Waals surface area contributed by atoms with Gasteiger partial charge >= 0.3 is 6.18 Å². The maximum absolute atomic E-state index is 11.8. The quantitative estimate of drug-likeness (QED) is 0.481. The smallest absolute Gasteiger partial charge is 0.411 e. The van der Waals surface area contributed by atoms with E-state index in [1.165, 1.54) is 18.2 Å². The van der Waals surface area contributed by atoms with Gasteiger partial charge in [0, 0.05) is 5.02 Å². The molecule has 0 fully saturated rings. The minimum absolute atomic E-state index is 0.100. The number of rotatable bonds is 6. The summed E-state index contributed by atoms with van der Waals surface area (Å²) in [6, 6.07) is 4.46. The monoisotopic (exact) mass is 296 g/mol. The van der Waals surface area contributed by atoms with Crippen molar-refractivity contribution in [3.05, 3.63) is 28.8 Å². The van der Waals surface area contributed by atoms with Gasteiger partial charge in [-0.2, -0.15) is 13.2 Å². The summed E-state index contributed by atoms with van der Waals surface area (Å²) in [4.78, 5) is 0. The topological polar surface area (TPSA) is 68.3 Å². The number of alkyl halides is 3. The van der Waals surface area contributed by atoms with E-state index in [0.29, 0.717) is 10.6 Å². The van der Waals surface area contributed by atoms with Crippen LogP contribution < -0.4 is 10.5 Å². The van der Waals surface area contributed by atoms with Crippen LogP contribution in [-0.4, -0.2) is 31.8 Å². The molecular weight excluding hydrogens is 285 g/mol. The van der Waals surface area contributed by atoms with Crippen molar-refractivity contribution >= 4 is 17.4 Å². The summed E-state index contributed by atoms with van der Waals surface area (Å²) in [6.45, 7) is -1.66. The second-order valence-electron chi connectivity index (χ2n) is 3.57. The predicted molar refractivity (Wildman–Crippen MR) is 64.8 cm³/mol. The molecule has 0 aliphatic heterocycles. The number of hydrogen-bond acceptors (Lipinski definition) is 3. The Morgan fingerprint density at radius 1 is 1.32 bits per heavy atom. The average molecular weight is 297 g/mol. The van der Waals surface area contributed by atoms with E-state index in [4.69, 9.17) is 27.5 Å². The van der Waals surface area contributed by atoms with Gasteiger partial charge < -0.3 is 15.2 Å². The molecular formula is C11H12ClF3N2O2. The number of nitrogens with one attached hydrogen (secondary N) is 1. The highest BCUT2D eigenvalue weighted by Crippen LogP contribution is 2.23. The number of amidine groups is 1. The lowest BCUT2D eigenvalue weighted by molar-refractivity contribution is -0.175. The molecule has 0 radical (unpaired) electrons. The number of nitrogens with two attached hydrogens (primary N) is 1. The standard InChI is InChI=1S/C11H12ClF3N2O2/c12-7-1-2-8(10(16)17)9(5-7)19-4-3-18-6-11(13,14)15/h1-2,5H,3-4,6H2,(H3,16,17). The van der Waals surface area contributed by atoms with Crippen molar-refractivity contribution in [2.45, 2.75) is 6.18 Å². The van der Waals surface area contributed by atoms with Gasteiger partial charge in [0.25, 0.3) is 0 Å². The van der Waals surface area contributed by atoms with Gasteiger partial charge in [0.15, 0.2) is 0 Å². The summed E-state index contributed by atoms with van der Waals surface area (Å²) in [5.74, 6) is 0.0125. The van der Waals surface area contributed by atoms with E-state index in [2.05, 4.69) is 4.74 Å². The third kappa shape index (κ3) is 5.80. The maximum atomic E-state index is 11.8. The third-order valence-corrected chi connectivity index (χ3v) is 2.22. The van der Waals surface area contributed by atoms with Crippen molar-refractivity contribution in [1.29, 1.82) is 5.41 Å². The molecule has 4 nitrogen and oxygen atoms in total. The van der Waals surface area contributed by atoms with Gasteiger partial charge in [-0.15, -0.1) is 0 Å². The molecule has 0 aliphatic carbocycles. The second-order valence-corrected chi connectivity index (χ2v) is 4.01. The van der Waals surface area contributed by atoms with Crippen molar-refractivity contribution in [2.75, 3.05) is 19.8 Å². The van der Waals surface area contributed by atoms with Crippen LogP contribution in [0, 0.1) is 5.41 Å². The Morgan fingerprint density at radius 3 is 2.58 bits per heavy atom. The fourth-order valence-electron chi connectivity index (χ4n) is 1.24. The summed E-state index contributed by atoms with van der Waals surface area (Å²) >= 11 is 5.75. The van der Waals surface area contributed by atoms with Crippen LogP contribution in [0.15, 0.2) is 18.2 Å². The van der Waals surface area contributed by atoms with Gasteiger partial charge in [0.05, 0.1) is 12.2 Å². The molecule has 0 aromatic heterocycles.